The average molecular weight is 301 g/mol. The summed E-state index contributed by atoms with van der Waals surface area (Å²) >= 11 is 0. The molecule has 21 heavy (non-hydrogen) atoms. The topological polar surface area (TPSA) is 28.2 Å². The first-order valence-electron chi connectivity index (χ1n) is 7.55. The van der Waals surface area contributed by atoms with Gasteiger partial charge in [0.1, 0.15) is 11.6 Å². The second kappa shape index (κ2) is 6.54. The highest BCUT2D eigenvalue weighted by Gasteiger charge is 2.34. The number of aromatic nitrogens is 1. The van der Waals surface area contributed by atoms with Crippen molar-refractivity contribution >= 4 is 11.6 Å². The predicted octanol–water partition coefficient (Wildman–Crippen LogP) is 4.30. The number of halogens is 3. The van der Waals surface area contributed by atoms with E-state index in [1.54, 1.807) is 0 Å². The van der Waals surface area contributed by atoms with Crippen molar-refractivity contribution in [2.75, 3.05) is 23.3 Å². The molecule has 1 saturated carbocycles. The molecule has 0 amide bonds. The van der Waals surface area contributed by atoms with Crippen molar-refractivity contribution < 1.29 is 13.2 Å². The van der Waals surface area contributed by atoms with Crippen LogP contribution in [-0.4, -0.2) is 24.1 Å². The van der Waals surface area contributed by atoms with Crippen LogP contribution in [0.4, 0.5) is 24.8 Å². The molecule has 0 radical (unpaired) electrons. The third-order valence-electron chi connectivity index (χ3n) is 3.53. The van der Waals surface area contributed by atoms with Crippen LogP contribution in [0.5, 0.6) is 0 Å². The molecule has 1 fully saturated rings. The fraction of sp³-hybridized carbons (Fsp3) is 0.667. The third kappa shape index (κ3) is 4.25. The molecule has 0 saturated heterocycles. The lowest BCUT2D eigenvalue weighted by molar-refractivity contribution is -0.137. The van der Waals surface area contributed by atoms with E-state index in [1.165, 1.54) is 6.07 Å². The van der Waals surface area contributed by atoms with Crippen LogP contribution in [0.25, 0.3) is 0 Å². The quantitative estimate of drug-likeness (QED) is 0.814. The van der Waals surface area contributed by atoms with Gasteiger partial charge in [-0.25, -0.2) is 4.98 Å². The van der Waals surface area contributed by atoms with Crippen molar-refractivity contribution in [1.82, 2.24) is 4.98 Å². The number of anilines is 2. The van der Waals surface area contributed by atoms with Crippen molar-refractivity contribution in [1.29, 1.82) is 0 Å². The molecular formula is C15H22F3N3. The number of pyridine rings is 1. The summed E-state index contributed by atoms with van der Waals surface area (Å²) in [5.41, 5.74) is -0.634. The van der Waals surface area contributed by atoms with E-state index in [2.05, 4.69) is 17.2 Å². The molecule has 1 aromatic rings. The Hall–Kier alpha value is -1.46. The number of nitrogens with zero attached hydrogens (tertiary/aromatic N) is 2. The molecule has 0 unspecified atom stereocenters. The minimum absolute atomic E-state index is 0.296. The lowest BCUT2D eigenvalue weighted by Crippen LogP contribution is -2.28. The Morgan fingerprint density at radius 1 is 1.29 bits per heavy atom. The van der Waals surface area contributed by atoms with Crippen LogP contribution in [-0.2, 0) is 6.18 Å². The van der Waals surface area contributed by atoms with Crippen LogP contribution >= 0.6 is 0 Å². The molecule has 1 heterocycles. The van der Waals surface area contributed by atoms with Crippen LogP contribution in [0.3, 0.4) is 0 Å². The van der Waals surface area contributed by atoms with E-state index in [0.717, 1.165) is 38.3 Å². The van der Waals surface area contributed by atoms with Gasteiger partial charge in [0.05, 0.1) is 5.56 Å². The monoisotopic (exact) mass is 301 g/mol. The van der Waals surface area contributed by atoms with Gasteiger partial charge in [-0.05, 0) is 38.3 Å². The van der Waals surface area contributed by atoms with Gasteiger partial charge in [0.15, 0.2) is 0 Å². The normalized spacial score (nSPS) is 15.1. The SMILES string of the molecule is CCCCN(c1cc(C(F)(F)F)cc(NCC)n1)C1CC1. The van der Waals surface area contributed by atoms with Gasteiger partial charge in [-0.3, -0.25) is 0 Å². The van der Waals surface area contributed by atoms with Gasteiger partial charge in [0.2, 0.25) is 0 Å². The molecule has 1 aliphatic carbocycles. The highest BCUT2D eigenvalue weighted by atomic mass is 19.4. The van der Waals surface area contributed by atoms with E-state index in [4.69, 9.17) is 0 Å². The molecule has 0 aromatic carbocycles. The van der Waals surface area contributed by atoms with Gasteiger partial charge in [-0.1, -0.05) is 13.3 Å². The van der Waals surface area contributed by atoms with Crippen molar-refractivity contribution in [3.8, 4) is 0 Å². The smallest absolute Gasteiger partial charge is 0.370 e. The van der Waals surface area contributed by atoms with Gasteiger partial charge in [-0.15, -0.1) is 0 Å². The fourth-order valence-corrected chi connectivity index (χ4v) is 2.30. The Morgan fingerprint density at radius 2 is 2.00 bits per heavy atom. The van der Waals surface area contributed by atoms with E-state index < -0.39 is 11.7 Å². The maximum atomic E-state index is 13.0. The number of hydrogen-bond acceptors (Lipinski definition) is 3. The highest BCUT2D eigenvalue weighted by Crippen LogP contribution is 2.36. The summed E-state index contributed by atoms with van der Waals surface area (Å²) in [6.07, 6.45) is -0.286. The van der Waals surface area contributed by atoms with Gasteiger partial charge >= 0.3 is 6.18 Å². The molecule has 118 valence electrons. The first-order valence-corrected chi connectivity index (χ1v) is 7.55. The van der Waals surface area contributed by atoms with Crippen LogP contribution in [0.1, 0.15) is 45.1 Å². The minimum Gasteiger partial charge on any atom is -0.370 e. The third-order valence-corrected chi connectivity index (χ3v) is 3.53. The van der Waals surface area contributed by atoms with E-state index in [1.807, 2.05) is 11.8 Å². The molecule has 2 rings (SSSR count). The zero-order chi connectivity index (χ0) is 15.5. The van der Waals surface area contributed by atoms with Gasteiger partial charge in [0, 0.05) is 19.1 Å². The summed E-state index contributed by atoms with van der Waals surface area (Å²) in [5, 5.41) is 2.89. The number of alkyl halides is 3. The molecule has 0 bridgehead atoms. The maximum Gasteiger partial charge on any atom is 0.416 e. The predicted molar refractivity (Wildman–Crippen MR) is 78.7 cm³/mol. The van der Waals surface area contributed by atoms with Gasteiger partial charge in [-0.2, -0.15) is 13.2 Å². The largest absolute Gasteiger partial charge is 0.416 e. The Morgan fingerprint density at radius 3 is 2.52 bits per heavy atom. The molecule has 3 nitrogen and oxygen atoms in total. The fourth-order valence-electron chi connectivity index (χ4n) is 2.30. The van der Waals surface area contributed by atoms with E-state index in [9.17, 15) is 13.2 Å². The molecule has 1 aliphatic rings. The van der Waals surface area contributed by atoms with Gasteiger partial charge < -0.3 is 10.2 Å². The highest BCUT2D eigenvalue weighted by molar-refractivity contribution is 5.52. The second-order valence-electron chi connectivity index (χ2n) is 5.41. The van der Waals surface area contributed by atoms with Crippen LogP contribution in [0, 0.1) is 0 Å². The molecule has 1 N–H and O–H groups in total. The van der Waals surface area contributed by atoms with E-state index in [-0.39, 0.29) is 0 Å². The summed E-state index contributed by atoms with van der Waals surface area (Å²) in [4.78, 5) is 6.39. The van der Waals surface area contributed by atoms with Crippen LogP contribution < -0.4 is 10.2 Å². The van der Waals surface area contributed by atoms with E-state index >= 15 is 0 Å². The van der Waals surface area contributed by atoms with E-state index in [0.29, 0.717) is 24.2 Å². The number of hydrogen-bond donors (Lipinski definition) is 1. The zero-order valence-corrected chi connectivity index (χ0v) is 12.5. The van der Waals surface area contributed by atoms with Crippen molar-refractivity contribution in [2.45, 2.75) is 51.7 Å². The lowest BCUT2D eigenvalue weighted by atomic mass is 10.2. The maximum absolute atomic E-state index is 13.0. The van der Waals surface area contributed by atoms with Crippen molar-refractivity contribution in [2.24, 2.45) is 0 Å². The van der Waals surface area contributed by atoms with Crippen molar-refractivity contribution in [3.63, 3.8) is 0 Å². The molecule has 0 atom stereocenters. The number of rotatable bonds is 7. The minimum atomic E-state index is -4.35. The first-order chi connectivity index (χ1) is 9.95. The Bertz CT molecular complexity index is 470. The van der Waals surface area contributed by atoms with Crippen LogP contribution in [0.15, 0.2) is 12.1 Å². The number of unbranched alkanes of at least 4 members (excludes halogenated alkanes) is 1. The Labute approximate surface area is 123 Å². The Balaban J connectivity index is 2.32. The van der Waals surface area contributed by atoms with Crippen molar-refractivity contribution in [3.05, 3.63) is 17.7 Å². The molecule has 0 spiro atoms. The lowest BCUT2D eigenvalue weighted by Gasteiger charge is -2.25. The standard InChI is InChI=1S/C15H22F3N3/c1-3-5-8-21(12-6-7-12)14-10-11(15(16,17)18)9-13(20-14)19-4-2/h9-10,12H,3-8H2,1-2H3,(H,19,20). The van der Waals surface area contributed by atoms with Gasteiger partial charge in [0.25, 0.3) is 0 Å². The summed E-state index contributed by atoms with van der Waals surface area (Å²) in [6, 6.07) is 2.61. The number of nitrogens with one attached hydrogen (secondary N) is 1. The molecule has 1 aromatic heterocycles. The average Bonchev–Trinajstić information content (AvgIpc) is 3.23. The summed E-state index contributed by atoms with van der Waals surface area (Å²) in [5.74, 6) is 0.737. The molecular weight excluding hydrogens is 279 g/mol. The summed E-state index contributed by atoms with van der Waals surface area (Å²) in [7, 11) is 0. The Kier molecular flexibility index (Phi) is 4.96. The summed E-state index contributed by atoms with van der Waals surface area (Å²) < 4.78 is 39.1. The summed E-state index contributed by atoms with van der Waals surface area (Å²) in [6.45, 7) is 5.24. The molecule has 0 aliphatic heterocycles. The zero-order valence-electron chi connectivity index (χ0n) is 12.5. The second-order valence-corrected chi connectivity index (χ2v) is 5.41. The molecule has 6 heteroatoms. The first kappa shape index (κ1) is 15.9. The van der Waals surface area contributed by atoms with Crippen LogP contribution in [0.2, 0.25) is 0 Å².